The lowest BCUT2D eigenvalue weighted by Crippen LogP contribution is -2.52. The van der Waals surface area contributed by atoms with Crippen molar-refractivity contribution in [2.24, 2.45) is 5.92 Å². The fourth-order valence-corrected chi connectivity index (χ4v) is 3.80. The monoisotopic (exact) mass is 384 g/mol. The third kappa shape index (κ3) is 4.61. The van der Waals surface area contributed by atoms with Crippen molar-refractivity contribution in [3.05, 3.63) is 35.9 Å². The molecule has 5 nitrogen and oxygen atoms in total. The molecule has 2 fully saturated rings. The molecule has 148 valence electrons. The summed E-state index contributed by atoms with van der Waals surface area (Å²) in [6.45, 7) is 2.32. The number of amides is 2. The molecule has 2 aliphatic heterocycles. The van der Waals surface area contributed by atoms with Gasteiger partial charge in [0, 0.05) is 19.5 Å². The van der Waals surface area contributed by atoms with E-state index >= 15 is 0 Å². The zero-order chi connectivity index (χ0) is 19.6. The van der Waals surface area contributed by atoms with Crippen LogP contribution in [0.4, 0.5) is 13.2 Å². The molecule has 8 heteroatoms. The Morgan fingerprint density at radius 3 is 2.67 bits per heavy atom. The molecule has 2 saturated heterocycles. The number of likely N-dealkylation sites (tertiary alicyclic amines) is 1. The van der Waals surface area contributed by atoms with Crippen LogP contribution in [-0.4, -0.2) is 60.1 Å². The normalized spacial score (nSPS) is 25.0. The van der Waals surface area contributed by atoms with Crippen LogP contribution in [0.15, 0.2) is 30.3 Å². The molecule has 27 heavy (non-hydrogen) atoms. The minimum Gasteiger partial charge on any atom is -0.377 e. The topological polar surface area (TPSA) is 49.9 Å². The predicted octanol–water partition coefficient (Wildman–Crippen LogP) is 2.78. The Bertz CT molecular complexity index is 681. The molecular weight excluding hydrogens is 361 g/mol. The third-order valence-corrected chi connectivity index (χ3v) is 5.23. The lowest BCUT2D eigenvalue weighted by atomic mass is 10.0. The van der Waals surface area contributed by atoms with E-state index in [1.165, 1.54) is 4.90 Å². The highest BCUT2D eigenvalue weighted by Crippen LogP contribution is 2.31. The van der Waals surface area contributed by atoms with Crippen LogP contribution < -0.4 is 0 Å². The van der Waals surface area contributed by atoms with E-state index in [-0.39, 0.29) is 50.6 Å². The molecule has 0 aliphatic carbocycles. The number of alkyl halides is 3. The zero-order valence-corrected chi connectivity index (χ0v) is 15.1. The quantitative estimate of drug-likeness (QED) is 0.802. The number of benzene rings is 1. The molecule has 3 atom stereocenters. The largest absolute Gasteiger partial charge is 0.391 e. The van der Waals surface area contributed by atoms with E-state index < -0.39 is 24.6 Å². The first-order chi connectivity index (χ1) is 12.8. The van der Waals surface area contributed by atoms with Crippen LogP contribution in [0.25, 0.3) is 0 Å². The molecular formula is C19H23F3N2O3. The Kier molecular flexibility index (Phi) is 5.74. The van der Waals surface area contributed by atoms with Gasteiger partial charge in [-0.3, -0.25) is 9.59 Å². The number of hydrogen-bond acceptors (Lipinski definition) is 3. The number of hydrogen-bond donors (Lipinski definition) is 0. The first-order valence-corrected chi connectivity index (χ1v) is 9.05. The van der Waals surface area contributed by atoms with E-state index in [0.717, 1.165) is 5.56 Å². The Morgan fingerprint density at radius 1 is 1.30 bits per heavy atom. The van der Waals surface area contributed by atoms with Gasteiger partial charge in [0.25, 0.3) is 0 Å². The SMILES string of the molecule is CC(c1ccccc1)N1CC(C(=O)N2CCOCC2CC(F)(F)F)CC1=O. The molecule has 2 amide bonds. The number of nitrogens with zero attached hydrogens (tertiary/aromatic N) is 2. The van der Waals surface area contributed by atoms with Crippen LogP contribution in [0.1, 0.15) is 31.4 Å². The van der Waals surface area contributed by atoms with Gasteiger partial charge in [0.1, 0.15) is 0 Å². The van der Waals surface area contributed by atoms with Gasteiger partial charge < -0.3 is 14.5 Å². The van der Waals surface area contributed by atoms with Crippen LogP contribution >= 0.6 is 0 Å². The molecule has 0 N–H and O–H groups in total. The first-order valence-electron chi connectivity index (χ1n) is 9.05. The predicted molar refractivity (Wildman–Crippen MR) is 91.7 cm³/mol. The van der Waals surface area contributed by atoms with Crippen LogP contribution in [0.5, 0.6) is 0 Å². The van der Waals surface area contributed by atoms with E-state index in [9.17, 15) is 22.8 Å². The molecule has 0 saturated carbocycles. The Hall–Kier alpha value is -2.09. The van der Waals surface area contributed by atoms with Crippen molar-refractivity contribution in [3.63, 3.8) is 0 Å². The summed E-state index contributed by atoms with van der Waals surface area (Å²) in [6, 6.07) is 8.25. The fraction of sp³-hybridized carbons (Fsp3) is 0.579. The van der Waals surface area contributed by atoms with Crippen molar-refractivity contribution in [3.8, 4) is 0 Å². The Labute approximate surface area is 156 Å². The van der Waals surface area contributed by atoms with Crippen molar-refractivity contribution < 1.29 is 27.5 Å². The van der Waals surface area contributed by atoms with Gasteiger partial charge >= 0.3 is 6.18 Å². The summed E-state index contributed by atoms with van der Waals surface area (Å²) in [5.74, 6) is -1.15. The van der Waals surface area contributed by atoms with E-state index in [1.807, 2.05) is 37.3 Å². The Morgan fingerprint density at radius 2 is 2.00 bits per heavy atom. The highest BCUT2D eigenvalue weighted by Gasteiger charge is 2.43. The van der Waals surface area contributed by atoms with Crippen molar-refractivity contribution in [1.29, 1.82) is 0 Å². The molecule has 0 aromatic heterocycles. The zero-order valence-electron chi connectivity index (χ0n) is 15.1. The second kappa shape index (κ2) is 7.88. The number of rotatable bonds is 4. The smallest absolute Gasteiger partial charge is 0.377 e. The molecule has 0 bridgehead atoms. The molecule has 0 spiro atoms. The second-order valence-electron chi connectivity index (χ2n) is 7.11. The van der Waals surface area contributed by atoms with Crippen molar-refractivity contribution in [2.75, 3.05) is 26.3 Å². The molecule has 2 aliphatic rings. The number of halogens is 3. The first kappa shape index (κ1) is 19.7. The maximum atomic E-state index is 12.9. The number of morpholine rings is 1. The summed E-state index contributed by atoms with van der Waals surface area (Å²) in [5, 5.41) is 0. The average Bonchev–Trinajstić information content (AvgIpc) is 3.02. The van der Waals surface area contributed by atoms with Gasteiger partial charge in [-0.2, -0.15) is 13.2 Å². The molecule has 3 unspecified atom stereocenters. The highest BCUT2D eigenvalue weighted by atomic mass is 19.4. The standard InChI is InChI=1S/C19H23F3N2O3/c1-13(14-5-3-2-4-6-14)24-11-15(9-17(24)25)18(26)23-7-8-27-12-16(23)10-19(20,21)22/h2-6,13,15-16H,7-12H2,1H3. The van der Waals surface area contributed by atoms with Gasteiger partial charge in [-0.1, -0.05) is 30.3 Å². The van der Waals surface area contributed by atoms with Gasteiger partial charge in [0.15, 0.2) is 0 Å². The summed E-state index contributed by atoms with van der Waals surface area (Å²) in [7, 11) is 0. The summed E-state index contributed by atoms with van der Waals surface area (Å²) in [6.07, 6.45) is -5.43. The number of ether oxygens (including phenoxy) is 1. The third-order valence-electron chi connectivity index (χ3n) is 5.23. The highest BCUT2D eigenvalue weighted by molar-refractivity contribution is 5.89. The molecule has 1 aromatic rings. The van der Waals surface area contributed by atoms with Crippen LogP contribution in [0, 0.1) is 5.92 Å². The van der Waals surface area contributed by atoms with Crippen molar-refractivity contribution in [2.45, 2.75) is 38.0 Å². The summed E-state index contributed by atoms with van der Waals surface area (Å²) < 4.78 is 43.6. The van der Waals surface area contributed by atoms with Crippen molar-refractivity contribution in [1.82, 2.24) is 9.80 Å². The maximum absolute atomic E-state index is 12.9. The molecule has 1 aromatic carbocycles. The summed E-state index contributed by atoms with van der Waals surface area (Å²) in [5.41, 5.74) is 0.959. The van der Waals surface area contributed by atoms with Crippen LogP contribution in [0.2, 0.25) is 0 Å². The molecule has 0 radical (unpaired) electrons. The minimum absolute atomic E-state index is 0.0338. The average molecular weight is 384 g/mol. The second-order valence-corrected chi connectivity index (χ2v) is 7.11. The molecule has 2 heterocycles. The van der Waals surface area contributed by atoms with Gasteiger partial charge in [-0.25, -0.2) is 0 Å². The van der Waals surface area contributed by atoms with Gasteiger partial charge in [-0.05, 0) is 12.5 Å². The summed E-state index contributed by atoms with van der Waals surface area (Å²) in [4.78, 5) is 28.2. The van der Waals surface area contributed by atoms with Gasteiger partial charge in [0.05, 0.1) is 37.6 Å². The van der Waals surface area contributed by atoms with Crippen molar-refractivity contribution >= 4 is 11.8 Å². The lowest BCUT2D eigenvalue weighted by molar-refractivity contribution is -0.168. The lowest BCUT2D eigenvalue weighted by Gasteiger charge is -2.37. The summed E-state index contributed by atoms with van der Waals surface area (Å²) >= 11 is 0. The van der Waals surface area contributed by atoms with E-state index in [1.54, 1.807) is 4.90 Å². The van der Waals surface area contributed by atoms with Gasteiger partial charge in [0.2, 0.25) is 11.8 Å². The van der Waals surface area contributed by atoms with Gasteiger partial charge in [-0.15, -0.1) is 0 Å². The fourth-order valence-electron chi connectivity index (χ4n) is 3.80. The maximum Gasteiger partial charge on any atom is 0.391 e. The minimum atomic E-state index is -4.37. The number of carbonyl (C=O) groups is 2. The number of carbonyl (C=O) groups excluding carboxylic acids is 2. The van der Waals surface area contributed by atoms with E-state index in [2.05, 4.69) is 0 Å². The Balaban J connectivity index is 1.69. The van der Waals surface area contributed by atoms with E-state index in [4.69, 9.17) is 4.74 Å². The van der Waals surface area contributed by atoms with E-state index in [0.29, 0.717) is 0 Å². The van der Waals surface area contributed by atoms with Crippen LogP contribution in [-0.2, 0) is 14.3 Å². The van der Waals surface area contributed by atoms with Crippen LogP contribution in [0.3, 0.4) is 0 Å². The molecule has 3 rings (SSSR count).